The summed E-state index contributed by atoms with van der Waals surface area (Å²) >= 11 is 1.20. The van der Waals surface area contributed by atoms with Crippen LogP contribution in [-0.4, -0.2) is 52.1 Å². The van der Waals surface area contributed by atoms with Crippen molar-refractivity contribution in [3.05, 3.63) is 34.7 Å². The first-order chi connectivity index (χ1) is 13.5. The number of hydrogen-bond acceptors (Lipinski definition) is 6. The summed E-state index contributed by atoms with van der Waals surface area (Å²) in [5.74, 6) is -0.177. The van der Waals surface area contributed by atoms with Crippen LogP contribution in [0.15, 0.2) is 34.2 Å². The summed E-state index contributed by atoms with van der Waals surface area (Å²) in [5.41, 5.74) is 0.978. The average Bonchev–Trinajstić information content (AvgIpc) is 2.94. The number of hydrogen-bond donors (Lipinski definition) is 2. The van der Waals surface area contributed by atoms with Gasteiger partial charge < -0.3 is 15.0 Å². The fourth-order valence-electron chi connectivity index (χ4n) is 3.14. The van der Waals surface area contributed by atoms with Crippen molar-refractivity contribution >= 4 is 35.0 Å². The van der Waals surface area contributed by atoms with E-state index in [1.165, 1.54) is 16.3 Å². The quantitative estimate of drug-likeness (QED) is 0.533. The second kappa shape index (κ2) is 9.07. The molecule has 1 aliphatic heterocycles. The number of methoxy groups -OCH3 is 1. The van der Waals surface area contributed by atoms with Crippen LogP contribution in [0.4, 0.5) is 11.4 Å². The molecule has 3 rings (SSSR count). The predicted octanol–water partition coefficient (Wildman–Crippen LogP) is 1.46. The molecule has 28 heavy (non-hydrogen) atoms. The molecule has 0 saturated heterocycles. The van der Waals surface area contributed by atoms with Crippen LogP contribution in [0.2, 0.25) is 0 Å². The lowest BCUT2D eigenvalue weighted by Gasteiger charge is -2.27. The zero-order valence-corrected chi connectivity index (χ0v) is 16.6. The number of thioether (sulfide) groups is 1. The Morgan fingerprint density at radius 1 is 1.36 bits per heavy atom. The molecular weight excluding hydrogens is 382 g/mol. The molecule has 1 aliphatic rings. The average molecular weight is 405 g/mol. The van der Waals surface area contributed by atoms with Crippen LogP contribution in [-0.2, 0) is 20.9 Å². The number of aromatic amines is 1. The molecule has 2 aromatic rings. The molecule has 0 radical (unpaired) electrons. The standard InChI is InChI=1S/C18H23N5O4S/c1-12-10-15(24)19-13-6-3-4-7-14(13)23(12)16(25)11-28-18-21-20-17(26)22(18)8-5-9-27-2/h3-4,6-7,12H,5,8-11H2,1-2H3,(H,19,24)(H,20,26)/t12-/m1/s1. The first kappa shape index (κ1) is 20.2. The van der Waals surface area contributed by atoms with E-state index in [4.69, 9.17) is 4.74 Å². The Morgan fingerprint density at radius 2 is 2.14 bits per heavy atom. The minimum absolute atomic E-state index is 0.0986. The number of benzene rings is 1. The molecule has 0 bridgehead atoms. The highest BCUT2D eigenvalue weighted by molar-refractivity contribution is 7.99. The molecule has 1 aromatic carbocycles. The lowest BCUT2D eigenvalue weighted by molar-refractivity contribution is -0.117. The van der Waals surface area contributed by atoms with Gasteiger partial charge in [-0.05, 0) is 25.5 Å². The Hall–Kier alpha value is -2.59. The third-order valence-electron chi connectivity index (χ3n) is 4.41. The third kappa shape index (κ3) is 4.45. The largest absolute Gasteiger partial charge is 0.385 e. The summed E-state index contributed by atoms with van der Waals surface area (Å²) in [5, 5.41) is 9.74. The van der Waals surface area contributed by atoms with E-state index in [2.05, 4.69) is 15.5 Å². The molecule has 0 aliphatic carbocycles. The summed E-state index contributed by atoms with van der Waals surface area (Å²) in [6.07, 6.45) is 0.886. The van der Waals surface area contributed by atoms with Gasteiger partial charge in [-0.2, -0.15) is 0 Å². The van der Waals surface area contributed by atoms with Crippen molar-refractivity contribution in [3.63, 3.8) is 0 Å². The van der Waals surface area contributed by atoms with Crippen LogP contribution >= 0.6 is 11.8 Å². The minimum atomic E-state index is -0.311. The van der Waals surface area contributed by atoms with E-state index in [-0.39, 0.29) is 35.7 Å². The molecule has 0 spiro atoms. The molecule has 10 heteroatoms. The molecule has 1 aromatic heterocycles. The van der Waals surface area contributed by atoms with Gasteiger partial charge in [0.05, 0.1) is 17.1 Å². The maximum absolute atomic E-state index is 13.0. The number of H-pyrrole nitrogens is 1. The van der Waals surface area contributed by atoms with Crippen molar-refractivity contribution < 1.29 is 14.3 Å². The summed E-state index contributed by atoms with van der Waals surface area (Å²) in [4.78, 5) is 38.6. The van der Waals surface area contributed by atoms with E-state index < -0.39 is 0 Å². The summed E-state index contributed by atoms with van der Waals surface area (Å²) in [6, 6.07) is 6.96. The monoisotopic (exact) mass is 405 g/mol. The smallest absolute Gasteiger partial charge is 0.343 e. The minimum Gasteiger partial charge on any atom is -0.385 e. The number of carbonyl (C=O) groups is 2. The number of ether oxygens (including phenoxy) is 1. The fourth-order valence-corrected chi connectivity index (χ4v) is 3.97. The van der Waals surface area contributed by atoms with E-state index in [0.29, 0.717) is 36.1 Å². The van der Waals surface area contributed by atoms with Crippen LogP contribution in [0, 0.1) is 0 Å². The number of para-hydroxylation sites is 2. The normalized spacial score (nSPS) is 16.4. The fraction of sp³-hybridized carbons (Fsp3) is 0.444. The molecule has 0 unspecified atom stereocenters. The van der Waals surface area contributed by atoms with Gasteiger partial charge in [-0.1, -0.05) is 23.9 Å². The number of rotatable bonds is 7. The number of amides is 2. The Kier molecular flexibility index (Phi) is 6.53. The Labute approximate surface area is 166 Å². The number of nitrogens with zero attached hydrogens (tertiary/aromatic N) is 3. The van der Waals surface area contributed by atoms with Crippen molar-refractivity contribution in [1.29, 1.82) is 0 Å². The Bertz CT molecular complexity index is 909. The molecule has 1 atom stereocenters. The second-order valence-corrected chi connectivity index (χ2v) is 7.42. The van der Waals surface area contributed by atoms with Gasteiger partial charge in [0.2, 0.25) is 11.8 Å². The molecule has 0 fully saturated rings. The zero-order valence-electron chi connectivity index (χ0n) is 15.8. The molecule has 2 N–H and O–H groups in total. The highest BCUT2D eigenvalue weighted by Gasteiger charge is 2.29. The first-order valence-electron chi connectivity index (χ1n) is 8.99. The van der Waals surface area contributed by atoms with E-state index >= 15 is 0 Å². The van der Waals surface area contributed by atoms with E-state index in [9.17, 15) is 14.4 Å². The van der Waals surface area contributed by atoms with Gasteiger partial charge in [-0.3, -0.25) is 14.2 Å². The van der Waals surface area contributed by atoms with Gasteiger partial charge in [0.1, 0.15) is 0 Å². The molecule has 0 saturated carbocycles. The van der Waals surface area contributed by atoms with Gasteiger partial charge in [0.15, 0.2) is 5.16 Å². The molecule has 2 heterocycles. The van der Waals surface area contributed by atoms with Crippen molar-refractivity contribution in [2.45, 2.75) is 37.5 Å². The SMILES string of the molecule is COCCCn1c(SCC(=O)N2c3ccccc3NC(=O)C[C@H]2C)n[nH]c1=O. The van der Waals surface area contributed by atoms with E-state index in [0.717, 1.165) is 0 Å². The highest BCUT2D eigenvalue weighted by Crippen LogP contribution is 2.32. The number of nitrogens with one attached hydrogen (secondary N) is 2. The van der Waals surface area contributed by atoms with Gasteiger partial charge in [0.25, 0.3) is 0 Å². The number of fused-ring (bicyclic) bond motifs is 1. The Morgan fingerprint density at radius 3 is 2.93 bits per heavy atom. The van der Waals surface area contributed by atoms with Gasteiger partial charge in [0, 0.05) is 32.7 Å². The lowest BCUT2D eigenvalue weighted by atomic mass is 10.2. The van der Waals surface area contributed by atoms with Crippen LogP contribution in [0.1, 0.15) is 19.8 Å². The van der Waals surface area contributed by atoms with Crippen LogP contribution in [0.5, 0.6) is 0 Å². The summed E-state index contributed by atoms with van der Waals surface area (Å²) < 4.78 is 6.52. The van der Waals surface area contributed by atoms with Crippen molar-refractivity contribution in [2.75, 3.05) is 29.7 Å². The maximum atomic E-state index is 13.0. The maximum Gasteiger partial charge on any atom is 0.343 e. The van der Waals surface area contributed by atoms with Crippen LogP contribution < -0.4 is 15.9 Å². The number of anilines is 2. The van der Waals surface area contributed by atoms with Crippen molar-refractivity contribution in [1.82, 2.24) is 14.8 Å². The number of carbonyl (C=O) groups excluding carboxylic acids is 2. The summed E-state index contributed by atoms with van der Waals surface area (Å²) in [6.45, 7) is 2.84. The Balaban J connectivity index is 1.75. The summed E-state index contributed by atoms with van der Waals surface area (Å²) in [7, 11) is 1.60. The first-order valence-corrected chi connectivity index (χ1v) is 9.97. The van der Waals surface area contributed by atoms with Gasteiger partial charge in [-0.25, -0.2) is 9.89 Å². The highest BCUT2D eigenvalue weighted by atomic mass is 32.2. The lowest BCUT2D eigenvalue weighted by Crippen LogP contribution is -2.40. The van der Waals surface area contributed by atoms with Crippen LogP contribution in [0.25, 0.3) is 0 Å². The van der Waals surface area contributed by atoms with Gasteiger partial charge in [-0.15, -0.1) is 5.10 Å². The molecule has 150 valence electrons. The second-order valence-electron chi connectivity index (χ2n) is 6.48. The topological polar surface area (TPSA) is 109 Å². The van der Waals surface area contributed by atoms with Crippen molar-refractivity contribution in [3.8, 4) is 0 Å². The number of aromatic nitrogens is 3. The molecule has 9 nitrogen and oxygen atoms in total. The van der Waals surface area contributed by atoms with Gasteiger partial charge >= 0.3 is 5.69 Å². The third-order valence-corrected chi connectivity index (χ3v) is 5.37. The van der Waals surface area contributed by atoms with E-state index in [1.807, 2.05) is 25.1 Å². The zero-order chi connectivity index (χ0) is 20.1. The predicted molar refractivity (Wildman–Crippen MR) is 107 cm³/mol. The molecule has 2 amide bonds. The van der Waals surface area contributed by atoms with Crippen LogP contribution in [0.3, 0.4) is 0 Å². The molecular formula is C18H23N5O4S. The van der Waals surface area contributed by atoms with Crippen molar-refractivity contribution in [2.24, 2.45) is 0 Å². The van der Waals surface area contributed by atoms with E-state index in [1.54, 1.807) is 18.1 Å².